The molecule has 1 aromatic rings. The van der Waals surface area contributed by atoms with Crippen LogP contribution in [-0.2, 0) is 0 Å². The highest BCUT2D eigenvalue weighted by atomic mass is 79.9. The molecule has 0 aromatic carbocycles. The number of ether oxygens (including phenoxy) is 2. The van der Waals surface area contributed by atoms with Gasteiger partial charge in [-0.1, -0.05) is 13.3 Å². The standard InChI is InChI=1S/C9H13BrN2O2/c1-3-4-5-14-9-11-6-7(10)8(12-9)13-2/h6H,3-5H2,1-2H3. The van der Waals surface area contributed by atoms with E-state index in [9.17, 15) is 0 Å². The van der Waals surface area contributed by atoms with Crippen molar-refractivity contribution >= 4 is 15.9 Å². The molecule has 0 N–H and O–H groups in total. The van der Waals surface area contributed by atoms with E-state index < -0.39 is 0 Å². The minimum absolute atomic E-state index is 0.360. The summed E-state index contributed by atoms with van der Waals surface area (Å²) in [5, 5.41) is 0. The lowest BCUT2D eigenvalue weighted by Crippen LogP contribution is -2.01. The van der Waals surface area contributed by atoms with Gasteiger partial charge in [-0.3, -0.25) is 0 Å². The molecular weight excluding hydrogens is 248 g/mol. The number of unbranched alkanes of at least 4 members (excludes halogenated alkanes) is 1. The molecule has 0 unspecified atom stereocenters. The molecule has 0 aliphatic rings. The van der Waals surface area contributed by atoms with Gasteiger partial charge in [0.1, 0.15) is 0 Å². The zero-order valence-corrected chi connectivity index (χ0v) is 9.87. The van der Waals surface area contributed by atoms with Crippen molar-refractivity contribution in [2.75, 3.05) is 13.7 Å². The van der Waals surface area contributed by atoms with Crippen molar-refractivity contribution in [2.45, 2.75) is 19.8 Å². The lowest BCUT2D eigenvalue weighted by atomic mass is 10.4. The van der Waals surface area contributed by atoms with E-state index >= 15 is 0 Å². The van der Waals surface area contributed by atoms with E-state index in [-0.39, 0.29) is 0 Å². The molecule has 4 nitrogen and oxygen atoms in total. The number of halogens is 1. The van der Waals surface area contributed by atoms with Crippen molar-refractivity contribution in [3.63, 3.8) is 0 Å². The van der Waals surface area contributed by atoms with Crippen molar-refractivity contribution in [1.29, 1.82) is 0 Å². The van der Waals surface area contributed by atoms with Gasteiger partial charge in [-0.05, 0) is 22.4 Å². The topological polar surface area (TPSA) is 44.2 Å². The summed E-state index contributed by atoms with van der Waals surface area (Å²) in [5.41, 5.74) is 0. The Labute approximate surface area is 91.8 Å². The molecule has 0 amide bonds. The van der Waals surface area contributed by atoms with Gasteiger partial charge in [0.2, 0.25) is 5.88 Å². The summed E-state index contributed by atoms with van der Waals surface area (Å²) < 4.78 is 11.1. The van der Waals surface area contributed by atoms with Crippen LogP contribution >= 0.6 is 15.9 Å². The predicted octanol–water partition coefficient (Wildman–Crippen LogP) is 2.43. The molecule has 14 heavy (non-hydrogen) atoms. The first-order chi connectivity index (χ1) is 6.77. The molecular formula is C9H13BrN2O2. The van der Waals surface area contributed by atoms with Crippen LogP contribution in [0.3, 0.4) is 0 Å². The summed E-state index contributed by atoms with van der Waals surface area (Å²) in [6, 6.07) is 0.360. The Balaban J connectivity index is 2.60. The second-order valence-electron chi connectivity index (χ2n) is 2.71. The molecule has 78 valence electrons. The Bertz CT molecular complexity index is 294. The third kappa shape index (κ3) is 3.14. The normalized spacial score (nSPS) is 9.93. The molecule has 0 aliphatic heterocycles. The maximum absolute atomic E-state index is 5.32. The largest absolute Gasteiger partial charge is 0.480 e. The Hall–Kier alpha value is -0.840. The molecule has 1 rings (SSSR count). The van der Waals surface area contributed by atoms with E-state index in [1.165, 1.54) is 0 Å². The predicted molar refractivity (Wildman–Crippen MR) is 56.7 cm³/mol. The summed E-state index contributed by atoms with van der Waals surface area (Å²) in [5.74, 6) is 0.492. The maximum Gasteiger partial charge on any atom is 0.319 e. The first-order valence-corrected chi connectivity index (χ1v) is 5.26. The highest BCUT2D eigenvalue weighted by molar-refractivity contribution is 9.10. The molecule has 0 radical (unpaired) electrons. The number of nitrogens with zero attached hydrogens (tertiary/aromatic N) is 2. The fourth-order valence-corrected chi connectivity index (χ4v) is 1.21. The molecule has 0 spiro atoms. The first-order valence-electron chi connectivity index (χ1n) is 4.47. The van der Waals surface area contributed by atoms with Crippen LogP contribution in [-0.4, -0.2) is 23.7 Å². The van der Waals surface area contributed by atoms with Crippen LogP contribution in [0.2, 0.25) is 0 Å². The van der Waals surface area contributed by atoms with E-state index in [0.29, 0.717) is 18.5 Å². The van der Waals surface area contributed by atoms with Crippen LogP contribution in [0.1, 0.15) is 19.8 Å². The van der Waals surface area contributed by atoms with Crippen LogP contribution in [0.25, 0.3) is 0 Å². The van der Waals surface area contributed by atoms with Crippen LogP contribution in [0.5, 0.6) is 11.9 Å². The Morgan fingerprint density at radius 3 is 2.93 bits per heavy atom. The van der Waals surface area contributed by atoms with Crippen molar-refractivity contribution < 1.29 is 9.47 Å². The van der Waals surface area contributed by atoms with Gasteiger partial charge in [-0.15, -0.1) is 0 Å². The lowest BCUT2D eigenvalue weighted by Gasteiger charge is -2.05. The number of aromatic nitrogens is 2. The minimum Gasteiger partial charge on any atom is -0.480 e. The van der Waals surface area contributed by atoms with Crippen molar-refractivity contribution in [2.24, 2.45) is 0 Å². The number of methoxy groups -OCH3 is 1. The summed E-state index contributed by atoms with van der Waals surface area (Å²) in [4.78, 5) is 8.06. The van der Waals surface area contributed by atoms with Crippen LogP contribution in [0.15, 0.2) is 10.7 Å². The molecule has 0 atom stereocenters. The molecule has 5 heteroatoms. The van der Waals surface area contributed by atoms with E-state index in [4.69, 9.17) is 9.47 Å². The second-order valence-corrected chi connectivity index (χ2v) is 3.57. The highest BCUT2D eigenvalue weighted by Crippen LogP contribution is 2.22. The fraction of sp³-hybridized carbons (Fsp3) is 0.556. The minimum atomic E-state index is 0.360. The fourth-order valence-electron chi connectivity index (χ4n) is 0.857. The summed E-state index contributed by atoms with van der Waals surface area (Å²) in [6.07, 6.45) is 3.71. The van der Waals surface area contributed by atoms with Crippen LogP contribution in [0, 0.1) is 0 Å². The Kier molecular flexibility index (Phi) is 4.65. The molecule has 0 saturated carbocycles. The molecule has 0 bridgehead atoms. The molecule has 0 saturated heterocycles. The second kappa shape index (κ2) is 5.80. The zero-order valence-electron chi connectivity index (χ0n) is 8.29. The number of hydrogen-bond donors (Lipinski definition) is 0. The number of rotatable bonds is 5. The van der Waals surface area contributed by atoms with Gasteiger partial charge in [0, 0.05) is 0 Å². The molecule has 0 fully saturated rings. The van der Waals surface area contributed by atoms with E-state index in [1.54, 1.807) is 13.3 Å². The smallest absolute Gasteiger partial charge is 0.319 e. The monoisotopic (exact) mass is 260 g/mol. The quantitative estimate of drug-likeness (QED) is 0.763. The third-order valence-corrected chi connectivity index (χ3v) is 2.16. The van der Waals surface area contributed by atoms with Gasteiger partial charge in [0.25, 0.3) is 0 Å². The van der Waals surface area contributed by atoms with Crippen molar-refractivity contribution in [3.05, 3.63) is 10.7 Å². The van der Waals surface area contributed by atoms with Crippen LogP contribution in [0.4, 0.5) is 0 Å². The average molecular weight is 261 g/mol. The van der Waals surface area contributed by atoms with Gasteiger partial charge in [0.05, 0.1) is 24.4 Å². The van der Waals surface area contributed by atoms with E-state index in [2.05, 4.69) is 32.8 Å². The Morgan fingerprint density at radius 1 is 1.50 bits per heavy atom. The molecule has 1 aromatic heterocycles. The molecule has 0 aliphatic carbocycles. The average Bonchev–Trinajstić information content (AvgIpc) is 2.21. The van der Waals surface area contributed by atoms with Gasteiger partial charge in [-0.2, -0.15) is 4.98 Å². The lowest BCUT2D eigenvalue weighted by molar-refractivity contribution is 0.278. The number of hydrogen-bond acceptors (Lipinski definition) is 4. The van der Waals surface area contributed by atoms with Gasteiger partial charge >= 0.3 is 6.01 Å². The first kappa shape index (κ1) is 11.2. The summed E-state index contributed by atoms with van der Waals surface area (Å²) >= 11 is 3.27. The van der Waals surface area contributed by atoms with Crippen LogP contribution < -0.4 is 9.47 Å². The highest BCUT2D eigenvalue weighted by Gasteiger charge is 2.05. The van der Waals surface area contributed by atoms with Gasteiger partial charge < -0.3 is 9.47 Å². The zero-order chi connectivity index (χ0) is 10.4. The molecule has 1 heterocycles. The van der Waals surface area contributed by atoms with Gasteiger partial charge in [-0.25, -0.2) is 4.98 Å². The van der Waals surface area contributed by atoms with E-state index in [1.807, 2.05) is 0 Å². The van der Waals surface area contributed by atoms with Gasteiger partial charge in [0.15, 0.2) is 0 Å². The Morgan fingerprint density at radius 2 is 2.29 bits per heavy atom. The third-order valence-electron chi connectivity index (χ3n) is 1.61. The van der Waals surface area contributed by atoms with Crippen molar-refractivity contribution in [1.82, 2.24) is 9.97 Å². The summed E-state index contributed by atoms with van der Waals surface area (Å²) in [7, 11) is 1.56. The SMILES string of the molecule is CCCCOc1ncc(Br)c(OC)n1. The van der Waals surface area contributed by atoms with E-state index in [0.717, 1.165) is 17.3 Å². The van der Waals surface area contributed by atoms with Crippen molar-refractivity contribution in [3.8, 4) is 11.9 Å². The maximum atomic E-state index is 5.32. The summed E-state index contributed by atoms with van der Waals surface area (Å²) in [6.45, 7) is 2.74.